The highest BCUT2D eigenvalue weighted by Crippen LogP contribution is 2.18. The van der Waals surface area contributed by atoms with E-state index in [-0.39, 0.29) is 0 Å². The summed E-state index contributed by atoms with van der Waals surface area (Å²) in [6.07, 6.45) is -0.394. The lowest BCUT2D eigenvalue weighted by Gasteiger charge is -2.35. The molecular formula is C18H30N2O2. The van der Waals surface area contributed by atoms with E-state index in [1.807, 2.05) is 13.0 Å². The van der Waals surface area contributed by atoms with E-state index in [1.54, 1.807) is 0 Å². The second kappa shape index (κ2) is 8.63. The number of hydrogen-bond donors (Lipinski definition) is 1. The van der Waals surface area contributed by atoms with Gasteiger partial charge in [-0.2, -0.15) is 0 Å². The van der Waals surface area contributed by atoms with Gasteiger partial charge in [0.2, 0.25) is 0 Å². The summed E-state index contributed by atoms with van der Waals surface area (Å²) in [5.74, 6) is 0. The molecule has 1 N–H and O–H groups in total. The highest BCUT2D eigenvalue weighted by Gasteiger charge is 2.19. The van der Waals surface area contributed by atoms with Gasteiger partial charge in [0.1, 0.15) is 0 Å². The van der Waals surface area contributed by atoms with Crippen LogP contribution < -0.4 is 0 Å². The molecule has 0 saturated carbocycles. The maximum Gasteiger partial charge on any atom is 0.0917 e. The number of piperazine rings is 1. The first kappa shape index (κ1) is 17.4. The van der Waals surface area contributed by atoms with Crippen LogP contribution in [0, 0.1) is 13.8 Å². The van der Waals surface area contributed by atoms with E-state index in [4.69, 9.17) is 4.74 Å². The van der Waals surface area contributed by atoms with Crippen LogP contribution in [0.25, 0.3) is 0 Å². The van der Waals surface area contributed by atoms with Crippen LogP contribution in [0.1, 0.15) is 29.7 Å². The van der Waals surface area contributed by atoms with Gasteiger partial charge in [-0.1, -0.05) is 18.2 Å². The SMILES string of the molecule is CCOCCN1CCN(CC(O)c2ccc(C)c(C)c2)CC1. The third-order valence-corrected chi connectivity index (χ3v) is 4.57. The molecular weight excluding hydrogens is 276 g/mol. The van der Waals surface area contributed by atoms with Gasteiger partial charge in [0.15, 0.2) is 0 Å². The zero-order chi connectivity index (χ0) is 15.9. The maximum atomic E-state index is 10.5. The van der Waals surface area contributed by atoms with Gasteiger partial charge in [0.25, 0.3) is 0 Å². The van der Waals surface area contributed by atoms with Crippen molar-refractivity contribution >= 4 is 0 Å². The summed E-state index contributed by atoms with van der Waals surface area (Å²) in [6.45, 7) is 13.8. The standard InChI is InChI=1S/C18H30N2O2/c1-4-22-12-11-19-7-9-20(10-8-19)14-18(21)17-6-5-15(2)16(3)13-17/h5-6,13,18,21H,4,7-12,14H2,1-3H3. The second-order valence-electron chi connectivity index (χ2n) is 6.20. The number of β-amino-alcohol motifs (C(OH)–C–C–N with tert-alkyl or cyclic N) is 1. The average Bonchev–Trinajstić information content (AvgIpc) is 2.52. The summed E-state index contributed by atoms with van der Waals surface area (Å²) in [5.41, 5.74) is 3.55. The van der Waals surface area contributed by atoms with Gasteiger partial charge in [-0.15, -0.1) is 0 Å². The number of nitrogens with zero attached hydrogens (tertiary/aromatic N) is 2. The predicted molar refractivity (Wildman–Crippen MR) is 90.2 cm³/mol. The molecule has 4 heteroatoms. The topological polar surface area (TPSA) is 35.9 Å². The smallest absolute Gasteiger partial charge is 0.0917 e. The Bertz CT molecular complexity index is 456. The van der Waals surface area contributed by atoms with E-state index in [0.717, 1.165) is 58.0 Å². The molecule has 1 aliphatic rings. The largest absolute Gasteiger partial charge is 0.387 e. The third-order valence-electron chi connectivity index (χ3n) is 4.57. The lowest BCUT2D eigenvalue weighted by Crippen LogP contribution is -2.48. The number of ether oxygens (including phenoxy) is 1. The first-order valence-corrected chi connectivity index (χ1v) is 8.37. The molecule has 0 aliphatic carbocycles. The molecule has 1 atom stereocenters. The van der Waals surface area contributed by atoms with Crippen LogP contribution in [0.2, 0.25) is 0 Å². The van der Waals surface area contributed by atoms with Gasteiger partial charge >= 0.3 is 0 Å². The van der Waals surface area contributed by atoms with Gasteiger partial charge < -0.3 is 9.84 Å². The molecule has 1 aliphatic heterocycles. The Morgan fingerprint density at radius 1 is 1.09 bits per heavy atom. The van der Waals surface area contributed by atoms with E-state index in [9.17, 15) is 5.11 Å². The molecule has 0 bridgehead atoms. The molecule has 1 aromatic rings. The number of hydrogen-bond acceptors (Lipinski definition) is 4. The van der Waals surface area contributed by atoms with Crippen LogP contribution in [0.3, 0.4) is 0 Å². The number of aliphatic hydroxyl groups excluding tert-OH is 1. The summed E-state index contributed by atoms with van der Waals surface area (Å²) in [7, 11) is 0. The molecule has 0 spiro atoms. The van der Waals surface area contributed by atoms with Crippen LogP contribution in [0.4, 0.5) is 0 Å². The average molecular weight is 306 g/mol. The first-order chi connectivity index (χ1) is 10.6. The van der Waals surface area contributed by atoms with Gasteiger partial charge in [0.05, 0.1) is 12.7 Å². The van der Waals surface area contributed by atoms with Gasteiger partial charge in [0, 0.05) is 45.9 Å². The number of benzene rings is 1. The Kier molecular flexibility index (Phi) is 6.83. The lowest BCUT2D eigenvalue weighted by atomic mass is 10.0. The minimum absolute atomic E-state index is 0.394. The van der Waals surface area contributed by atoms with Crippen LogP contribution in [-0.4, -0.2) is 67.4 Å². The molecule has 1 unspecified atom stereocenters. The van der Waals surface area contributed by atoms with Crippen molar-refractivity contribution in [1.82, 2.24) is 9.80 Å². The summed E-state index contributed by atoms with van der Waals surface area (Å²) < 4.78 is 5.41. The van der Waals surface area contributed by atoms with Crippen molar-refractivity contribution in [3.63, 3.8) is 0 Å². The monoisotopic (exact) mass is 306 g/mol. The van der Waals surface area contributed by atoms with Gasteiger partial charge in [-0.3, -0.25) is 9.80 Å². The molecule has 2 rings (SSSR count). The molecule has 0 amide bonds. The van der Waals surface area contributed by atoms with E-state index >= 15 is 0 Å². The zero-order valence-corrected chi connectivity index (χ0v) is 14.2. The normalized spacial score (nSPS) is 18.5. The zero-order valence-electron chi connectivity index (χ0n) is 14.2. The van der Waals surface area contributed by atoms with Crippen molar-refractivity contribution in [2.24, 2.45) is 0 Å². The Morgan fingerprint density at radius 2 is 1.77 bits per heavy atom. The maximum absolute atomic E-state index is 10.5. The minimum Gasteiger partial charge on any atom is -0.387 e. The Morgan fingerprint density at radius 3 is 2.41 bits per heavy atom. The van der Waals surface area contributed by atoms with E-state index in [1.165, 1.54) is 11.1 Å². The lowest BCUT2D eigenvalue weighted by molar-refractivity contribution is 0.0550. The van der Waals surface area contributed by atoms with E-state index in [2.05, 4.69) is 35.8 Å². The van der Waals surface area contributed by atoms with Gasteiger partial charge in [-0.05, 0) is 37.5 Å². The molecule has 0 aromatic heterocycles. The molecule has 4 nitrogen and oxygen atoms in total. The Hall–Kier alpha value is -0.940. The third kappa shape index (κ3) is 5.06. The number of rotatable bonds is 7. The van der Waals surface area contributed by atoms with Crippen molar-refractivity contribution < 1.29 is 9.84 Å². The fourth-order valence-corrected chi connectivity index (χ4v) is 2.86. The summed E-state index contributed by atoms with van der Waals surface area (Å²) in [4.78, 5) is 4.80. The van der Waals surface area contributed by atoms with Gasteiger partial charge in [-0.25, -0.2) is 0 Å². The number of aliphatic hydroxyl groups is 1. The molecule has 22 heavy (non-hydrogen) atoms. The molecule has 1 fully saturated rings. The van der Waals surface area contributed by atoms with Crippen molar-refractivity contribution in [2.75, 3.05) is 52.5 Å². The predicted octanol–water partition coefficient (Wildman–Crippen LogP) is 1.99. The fraction of sp³-hybridized carbons (Fsp3) is 0.667. The molecule has 1 aromatic carbocycles. The quantitative estimate of drug-likeness (QED) is 0.782. The van der Waals surface area contributed by atoms with E-state index in [0.29, 0.717) is 0 Å². The highest BCUT2D eigenvalue weighted by atomic mass is 16.5. The molecule has 124 valence electrons. The van der Waals surface area contributed by atoms with Crippen LogP contribution in [0.15, 0.2) is 18.2 Å². The molecule has 1 heterocycles. The van der Waals surface area contributed by atoms with Crippen molar-refractivity contribution in [2.45, 2.75) is 26.9 Å². The molecule has 0 radical (unpaired) electrons. The summed E-state index contributed by atoms with van der Waals surface area (Å²) >= 11 is 0. The van der Waals surface area contributed by atoms with Crippen LogP contribution >= 0.6 is 0 Å². The Balaban J connectivity index is 1.76. The molecule has 1 saturated heterocycles. The van der Waals surface area contributed by atoms with Crippen molar-refractivity contribution in [3.05, 3.63) is 34.9 Å². The summed E-state index contributed by atoms with van der Waals surface area (Å²) in [5, 5.41) is 10.5. The van der Waals surface area contributed by atoms with Crippen LogP contribution in [-0.2, 0) is 4.74 Å². The fourth-order valence-electron chi connectivity index (χ4n) is 2.86. The van der Waals surface area contributed by atoms with E-state index < -0.39 is 6.10 Å². The highest BCUT2D eigenvalue weighted by molar-refractivity contribution is 5.31. The number of aryl methyl sites for hydroxylation is 2. The second-order valence-corrected chi connectivity index (χ2v) is 6.20. The van der Waals surface area contributed by atoms with Crippen molar-refractivity contribution in [3.8, 4) is 0 Å². The van der Waals surface area contributed by atoms with Crippen LogP contribution in [0.5, 0.6) is 0 Å². The minimum atomic E-state index is -0.394. The summed E-state index contributed by atoms with van der Waals surface area (Å²) in [6, 6.07) is 6.25. The van der Waals surface area contributed by atoms with Crippen molar-refractivity contribution in [1.29, 1.82) is 0 Å². The first-order valence-electron chi connectivity index (χ1n) is 8.37. The Labute approximate surface area is 134 Å².